The summed E-state index contributed by atoms with van der Waals surface area (Å²) in [6.07, 6.45) is -3.21. The van der Waals surface area contributed by atoms with Gasteiger partial charge in [0.25, 0.3) is 5.91 Å². The molecule has 0 atom stereocenters. The van der Waals surface area contributed by atoms with Gasteiger partial charge in [-0.05, 0) is 48.5 Å². The summed E-state index contributed by atoms with van der Waals surface area (Å²) in [4.78, 5) is 27.7. The number of nitrogens with one attached hydrogen (secondary N) is 3. The Hall–Kier alpha value is -3.79. The Morgan fingerprint density at radius 1 is 0.969 bits per heavy atom. The number of carbonyl (C=O) groups is 2. The Morgan fingerprint density at radius 3 is 2.28 bits per heavy atom. The summed E-state index contributed by atoms with van der Waals surface area (Å²) in [5.41, 5.74) is -0.547. The minimum Gasteiger partial charge on any atom is -0.457 e. The minimum absolute atomic E-state index is 0. The summed E-state index contributed by atoms with van der Waals surface area (Å²) in [6.45, 7) is 0. The highest BCUT2D eigenvalue weighted by atomic mass is 35.5. The van der Waals surface area contributed by atoms with Gasteiger partial charge in [0.1, 0.15) is 17.2 Å². The van der Waals surface area contributed by atoms with Gasteiger partial charge in [0.05, 0.1) is 10.6 Å². The number of halogens is 4. The second kappa shape index (κ2) is 9.56. The Morgan fingerprint density at radius 2 is 1.62 bits per heavy atom. The third-order valence-corrected chi connectivity index (χ3v) is 4.40. The van der Waals surface area contributed by atoms with Crippen LogP contribution in [0.3, 0.4) is 0 Å². The molecule has 0 saturated heterocycles. The predicted octanol–water partition coefficient (Wildman–Crippen LogP) is 6.04. The van der Waals surface area contributed by atoms with Crippen LogP contribution in [0.1, 0.15) is 18.9 Å². The molecule has 0 unspecified atom stereocenters. The van der Waals surface area contributed by atoms with E-state index in [-0.39, 0.29) is 20.1 Å². The Labute approximate surface area is 188 Å². The van der Waals surface area contributed by atoms with E-state index in [0.29, 0.717) is 17.2 Å². The molecule has 0 aliphatic heterocycles. The number of anilines is 2. The zero-order valence-electron chi connectivity index (χ0n) is 16.5. The first kappa shape index (κ1) is 22.9. The van der Waals surface area contributed by atoms with E-state index >= 15 is 0 Å². The lowest BCUT2D eigenvalue weighted by atomic mass is 10.2. The second-order valence-corrected chi connectivity index (χ2v) is 6.76. The third kappa shape index (κ3) is 5.88. The van der Waals surface area contributed by atoms with Crippen LogP contribution in [0.25, 0.3) is 0 Å². The van der Waals surface area contributed by atoms with Gasteiger partial charge in [-0.25, -0.2) is 4.79 Å². The molecule has 3 N–H and O–H groups in total. The van der Waals surface area contributed by atoms with Gasteiger partial charge in [0, 0.05) is 33.5 Å². The number of pyridine rings is 1. The summed E-state index contributed by atoms with van der Waals surface area (Å²) >= 11 is 5.57. The highest BCUT2D eigenvalue weighted by Gasteiger charge is 2.33. The lowest BCUT2D eigenvalue weighted by Crippen LogP contribution is -2.19. The van der Waals surface area contributed by atoms with E-state index in [1.165, 1.54) is 25.4 Å². The molecule has 1 aromatic heterocycles. The number of ether oxygens (including phenoxy) is 1. The van der Waals surface area contributed by atoms with Crippen LogP contribution in [0.15, 0.2) is 60.8 Å². The van der Waals surface area contributed by atoms with E-state index in [0.717, 1.165) is 12.1 Å². The number of rotatable bonds is 5. The van der Waals surface area contributed by atoms with Crippen molar-refractivity contribution in [3.63, 3.8) is 0 Å². The van der Waals surface area contributed by atoms with Crippen LogP contribution in [-0.2, 0) is 6.18 Å². The number of hydrogen-bond acceptors (Lipinski definition) is 4. The number of amides is 3. The standard InChI is InChI=1S/C21H16ClF3N4O3.2H2/c1-26-19(30)18-11-15(8-9-27-18)32-14-5-2-12(3-6-14)28-20(31)29-13-4-7-17(22)16(10-13)21(23,24)25;;/h2-11H,1H3,(H,26,30)(H2,28,29,31);2*1H. The van der Waals surface area contributed by atoms with E-state index in [1.54, 1.807) is 30.3 Å². The molecule has 3 aromatic rings. The van der Waals surface area contributed by atoms with Crippen molar-refractivity contribution in [2.75, 3.05) is 17.7 Å². The minimum atomic E-state index is -4.64. The summed E-state index contributed by atoms with van der Waals surface area (Å²) in [5, 5.41) is 6.83. The molecular formula is C21H20ClF3N4O3. The molecule has 0 aliphatic rings. The van der Waals surface area contributed by atoms with Crippen molar-refractivity contribution < 1.29 is 30.4 Å². The largest absolute Gasteiger partial charge is 0.457 e. The molecule has 3 amide bonds. The van der Waals surface area contributed by atoms with E-state index < -0.39 is 22.8 Å². The lowest BCUT2D eigenvalue weighted by molar-refractivity contribution is -0.137. The summed E-state index contributed by atoms with van der Waals surface area (Å²) < 4.78 is 44.5. The van der Waals surface area contributed by atoms with Crippen molar-refractivity contribution in [3.8, 4) is 11.5 Å². The maximum Gasteiger partial charge on any atom is 0.417 e. The molecule has 0 radical (unpaired) electrons. The maximum absolute atomic E-state index is 12.9. The van der Waals surface area contributed by atoms with Gasteiger partial charge in [-0.2, -0.15) is 13.2 Å². The molecule has 170 valence electrons. The van der Waals surface area contributed by atoms with Crippen molar-refractivity contribution in [3.05, 3.63) is 77.1 Å². The van der Waals surface area contributed by atoms with Gasteiger partial charge in [0.2, 0.25) is 0 Å². The lowest BCUT2D eigenvalue weighted by Gasteiger charge is -2.12. The number of urea groups is 1. The Kier molecular flexibility index (Phi) is 6.84. The number of hydrogen-bond donors (Lipinski definition) is 3. The Bertz CT molecular complexity index is 1150. The predicted molar refractivity (Wildman–Crippen MR) is 117 cm³/mol. The van der Waals surface area contributed by atoms with Crippen LogP contribution < -0.4 is 20.7 Å². The molecule has 7 nitrogen and oxygen atoms in total. The quantitative estimate of drug-likeness (QED) is 0.425. The zero-order valence-corrected chi connectivity index (χ0v) is 17.2. The molecule has 32 heavy (non-hydrogen) atoms. The SMILES string of the molecule is CNC(=O)c1cc(Oc2ccc(NC(=O)Nc3ccc(Cl)c(C(F)(F)F)c3)cc2)ccn1.[HH].[HH]. The molecule has 0 aliphatic carbocycles. The van der Waals surface area contributed by atoms with E-state index in [9.17, 15) is 22.8 Å². The molecule has 0 bridgehead atoms. The molecule has 0 saturated carbocycles. The van der Waals surface area contributed by atoms with Gasteiger partial charge in [-0.15, -0.1) is 0 Å². The summed E-state index contributed by atoms with van der Waals surface area (Å²) in [6, 6.07) is 11.6. The molecule has 11 heteroatoms. The van der Waals surface area contributed by atoms with Gasteiger partial charge >= 0.3 is 12.2 Å². The monoisotopic (exact) mass is 468 g/mol. The van der Waals surface area contributed by atoms with Crippen molar-refractivity contribution in [2.24, 2.45) is 0 Å². The Balaban J connectivity index is 0.00000289. The third-order valence-electron chi connectivity index (χ3n) is 4.07. The van der Waals surface area contributed by atoms with E-state index in [2.05, 4.69) is 20.9 Å². The average Bonchev–Trinajstić information content (AvgIpc) is 2.75. The van der Waals surface area contributed by atoms with Crippen molar-refractivity contribution >= 4 is 34.9 Å². The van der Waals surface area contributed by atoms with Crippen molar-refractivity contribution in [1.82, 2.24) is 10.3 Å². The van der Waals surface area contributed by atoms with Crippen LogP contribution in [0.5, 0.6) is 11.5 Å². The smallest absolute Gasteiger partial charge is 0.417 e. The topological polar surface area (TPSA) is 92.4 Å². The average molecular weight is 469 g/mol. The molecule has 0 spiro atoms. The van der Waals surface area contributed by atoms with Crippen molar-refractivity contribution in [1.29, 1.82) is 0 Å². The first-order valence-electron chi connectivity index (χ1n) is 9.06. The van der Waals surface area contributed by atoms with Gasteiger partial charge in [-0.1, -0.05) is 11.6 Å². The molecule has 3 rings (SSSR count). The fourth-order valence-electron chi connectivity index (χ4n) is 2.58. The molecule has 2 aromatic carbocycles. The first-order valence-corrected chi connectivity index (χ1v) is 9.44. The highest BCUT2D eigenvalue weighted by Crippen LogP contribution is 2.36. The number of benzene rings is 2. The van der Waals surface area contributed by atoms with Gasteiger partial charge in [0.15, 0.2) is 0 Å². The van der Waals surface area contributed by atoms with Crippen LogP contribution in [0.4, 0.5) is 29.3 Å². The van der Waals surface area contributed by atoms with E-state index in [1.807, 2.05) is 0 Å². The fraction of sp³-hybridized carbons (Fsp3) is 0.0952. The maximum atomic E-state index is 12.9. The summed E-state index contributed by atoms with van der Waals surface area (Å²) in [7, 11) is 1.49. The number of alkyl halides is 3. The summed E-state index contributed by atoms with van der Waals surface area (Å²) in [5.74, 6) is 0.460. The number of aromatic nitrogens is 1. The second-order valence-electron chi connectivity index (χ2n) is 6.35. The zero-order chi connectivity index (χ0) is 23.3. The van der Waals surface area contributed by atoms with Gasteiger partial charge in [-0.3, -0.25) is 9.78 Å². The van der Waals surface area contributed by atoms with Crippen LogP contribution >= 0.6 is 11.6 Å². The fourth-order valence-corrected chi connectivity index (χ4v) is 2.81. The van der Waals surface area contributed by atoms with Crippen molar-refractivity contribution in [2.45, 2.75) is 6.18 Å². The normalized spacial score (nSPS) is 10.9. The molecule has 1 heterocycles. The van der Waals surface area contributed by atoms with Crippen LogP contribution in [0, 0.1) is 0 Å². The van der Waals surface area contributed by atoms with E-state index in [4.69, 9.17) is 16.3 Å². The highest BCUT2D eigenvalue weighted by molar-refractivity contribution is 6.31. The van der Waals surface area contributed by atoms with Gasteiger partial charge < -0.3 is 20.7 Å². The molecular weight excluding hydrogens is 449 g/mol. The molecule has 0 fully saturated rings. The number of carbonyl (C=O) groups excluding carboxylic acids is 2. The van der Waals surface area contributed by atoms with Crippen LogP contribution in [-0.4, -0.2) is 24.0 Å². The number of nitrogens with zero attached hydrogens (tertiary/aromatic N) is 1. The van der Waals surface area contributed by atoms with Crippen LogP contribution in [0.2, 0.25) is 5.02 Å². The first-order chi connectivity index (χ1) is 15.2.